The van der Waals surface area contributed by atoms with Crippen molar-refractivity contribution in [2.45, 2.75) is 13.8 Å². The largest absolute Gasteiger partial charge is 0.373 e. The van der Waals surface area contributed by atoms with E-state index in [0.29, 0.717) is 5.84 Å². The van der Waals surface area contributed by atoms with Crippen molar-refractivity contribution in [3.05, 3.63) is 34.8 Å². The maximum Gasteiger partial charge on any atom is 0.121 e. The van der Waals surface area contributed by atoms with Crippen molar-refractivity contribution in [2.75, 3.05) is 7.05 Å². The zero-order valence-corrected chi connectivity index (χ0v) is 9.20. The first kappa shape index (κ1) is 12.0. The molecule has 0 aromatic rings. The van der Waals surface area contributed by atoms with Gasteiger partial charge in [0.2, 0.25) is 0 Å². The van der Waals surface area contributed by atoms with Crippen LogP contribution in [0.5, 0.6) is 0 Å². The molecule has 0 radical (unpaired) electrons. The lowest BCUT2D eigenvalue weighted by atomic mass is 10.2. The SMILES string of the molecule is C=C(C)/C=C\C(S)=C(/C)C(=N)NC. The van der Waals surface area contributed by atoms with E-state index in [-0.39, 0.29) is 0 Å². The summed E-state index contributed by atoms with van der Waals surface area (Å²) in [6.45, 7) is 7.50. The van der Waals surface area contributed by atoms with Crippen LogP contribution in [0.25, 0.3) is 0 Å². The first-order chi connectivity index (χ1) is 5.99. The Morgan fingerprint density at radius 2 is 1.92 bits per heavy atom. The summed E-state index contributed by atoms with van der Waals surface area (Å²) in [6.07, 6.45) is 3.71. The van der Waals surface area contributed by atoms with Crippen LogP contribution in [0.1, 0.15) is 13.8 Å². The first-order valence-corrected chi connectivity index (χ1v) is 4.44. The van der Waals surface area contributed by atoms with E-state index in [4.69, 9.17) is 5.41 Å². The predicted molar refractivity (Wildman–Crippen MR) is 62.4 cm³/mol. The third-order valence-electron chi connectivity index (χ3n) is 1.53. The molecule has 0 fully saturated rings. The van der Waals surface area contributed by atoms with Crippen molar-refractivity contribution >= 4 is 18.5 Å². The quantitative estimate of drug-likeness (QED) is 0.276. The Bertz CT molecular complexity index is 275. The van der Waals surface area contributed by atoms with Crippen molar-refractivity contribution in [3.8, 4) is 0 Å². The van der Waals surface area contributed by atoms with E-state index in [2.05, 4.69) is 24.5 Å². The van der Waals surface area contributed by atoms with Crippen LogP contribution in [-0.2, 0) is 0 Å². The van der Waals surface area contributed by atoms with Crippen LogP contribution in [0.4, 0.5) is 0 Å². The first-order valence-electron chi connectivity index (χ1n) is 3.99. The van der Waals surface area contributed by atoms with Gasteiger partial charge < -0.3 is 5.32 Å². The normalized spacial score (nSPS) is 12.6. The van der Waals surface area contributed by atoms with Gasteiger partial charge in [0, 0.05) is 17.5 Å². The summed E-state index contributed by atoms with van der Waals surface area (Å²) < 4.78 is 0. The highest BCUT2D eigenvalue weighted by molar-refractivity contribution is 7.84. The second kappa shape index (κ2) is 5.65. The average Bonchev–Trinajstić information content (AvgIpc) is 2.11. The molecule has 0 aliphatic heterocycles. The molecule has 0 aromatic carbocycles. The van der Waals surface area contributed by atoms with Gasteiger partial charge in [-0.3, -0.25) is 5.41 Å². The summed E-state index contributed by atoms with van der Waals surface area (Å²) >= 11 is 4.26. The molecule has 0 bridgehead atoms. The number of hydrogen-bond acceptors (Lipinski definition) is 2. The van der Waals surface area contributed by atoms with Crippen molar-refractivity contribution in [1.29, 1.82) is 5.41 Å². The van der Waals surface area contributed by atoms with E-state index in [1.807, 2.05) is 26.0 Å². The smallest absolute Gasteiger partial charge is 0.121 e. The molecule has 13 heavy (non-hydrogen) atoms. The zero-order chi connectivity index (χ0) is 10.4. The fraction of sp³-hybridized carbons (Fsp3) is 0.300. The molecule has 0 rings (SSSR count). The number of amidine groups is 1. The summed E-state index contributed by atoms with van der Waals surface area (Å²) in [5.74, 6) is 0.386. The Balaban J connectivity index is 4.62. The number of hydrogen-bond donors (Lipinski definition) is 3. The Morgan fingerprint density at radius 1 is 1.38 bits per heavy atom. The Hall–Kier alpha value is -0.960. The molecule has 0 aliphatic rings. The molecule has 0 spiro atoms. The van der Waals surface area contributed by atoms with Gasteiger partial charge in [-0.1, -0.05) is 18.2 Å². The maximum absolute atomic E-state index is 7.49. The minimum Gasteiger partial charge on any atom is -0.373 e. The molecule has 2 nitrogen and oxygen atoms in total. The summed E-state index contributed by atoms with van der Waals surface area (Å²) in [5.41, 5.74) is 1.79. The van der Waals surface area contributed by atoms with Crippen LogP contribution in [0.15, 0.2) is 34.8 Å². The molecule has 0 unspecified atom stereocenters. The van der Waals surface area contributed by atoms with Crippen molar-refractivity contribution in [2.24, 2.45) is 0 Å². The van der Waals surface area contributed by atoms with Crippen LogP contribution in [-0.4, -0.2) is 12.9 Å². The number of rotatable bonds is 3. The van der Waals surface area contributed by atoms with Gasteiger partial charge in [0.1, 0.15) is 5.84 Å². The molecule has 72 valence electrons. The highest BCUT2D eigenvalue weighted by Crippen LogP contribution is 2.11. The van der Waals surface area contributed by atoms with E-state index in [1.165, 1.54) is 0 Å². The molecule has 0 atom stereocenters. The second-order valence-electron chi connectivity index (χ2n) is 2.81. The molecule has 0 saturated heterocycles. The number of thiol groups is 1. The molecule has 0 aliphatic carbocycles. The highest BCUT2D eigenvalue weighted by Gasteiger charge is 1.98. The summed E-state index contributed by atoms with van der Waals surface area (Å²) in [4.78, 5) is 0.780. The van der Waals surface area contributed by atoms with Gasteiger partial charge in [-0.2, -0.15) is 0 Å². The fourth-order valence-corrected chi connectivity index (χ4v) is 0.848. The third kappa shape index (κ3) is 4.58. The fourth-order valence-electron chi connectivity index (χ4n) is 0.662. The lowest BCUT2D eigenvalue weighted by Crippen LogP contribution is -2.18. The molecule has 0 aromatic heterocycles. The second-order valence-corrected chi connectivity index (χ2v) is 3.30. The monoisotopic (exact) mass is 196 g/mol. The lowest BCUT2D eigenvalue weighted by Gasteiger charge is -2.04. The van der Waals surface area contributed by atoms with E-state index >= 15 is 0 Å². The molecular formula is C10H16N2S. The standard InChI is InChI=1S/C10H16N2S/c1-7(2)5-6-9(13)8(3)10(11)12-4/h5-6,13H,1H2,2-4H3,(H2,11,12)/b6-5-,9-8-. The van der Waals surface area contributed by atoms with E-state index < -0.39 is 0 Å². The third-order valence-corrected chi connectivity index (χ3v) is 2.02. The van der Waals surface area contributed by atoms with Gasteiger partial charge >= 0.3 is 0 Å². The predicted octanol–water partition coefficient (Wildman–Crippen LogP) is 2.52. The van der Waals surface area contributed by atoms with Crippen LogP contribution in [0, 0.1) is 5.41 Å². The molecule has 0 heterocycles. The van der Waals surface area contributed by atoms with E-state index in [0.717, 1.165) is 16.1 Å². The van der Waals surface area contributed by atoms with Gasteiger partial charge in [0.05, 0.1) is 0 Å². The summed E-state index contributed by atoms with van der Waals surface area (Å²) in [7, 11) is 1.72. The average molecular weight is 196 g/mol. The van der Waals surface area contributed by atoms with Gasteiger partial charge in [0.25, 0.3) is 0 Å². The molecule has 0 amide bonds. The minimum atomic E-state index is 0.386. The van der Waals surface area contributed by atoms with Gasteiger partial charge in [-0.05, 0) is 19.9 Å². The topological polar surface area (TPSA) is 35.9 Å². The van der Waals surface area contributed by atoms with Gasteiger partial charge in [-0.15, -0.1) is 12.6 Å². The van der Waals surface area contributed by atoms with Crippen LogP contribution < -0.4 is 5.32 Å². The molecular weight excluding hydrogens is 180 g/mol. The summed E-state index contributed by atoms with van der Waals surface area (Å²) in [6, 6.07) is 0. The Kier molecular flexibility index (Phi) is 5.23. The molecule has 3 heteroatoms. The Labute approximate surface area is 85.3 Å². The van der Waals surface area contributed by atoms with Gasteiger partial charge in [-0.25, -0.2) is 0 Å². The van der Waals surface area contributed by atoms with Crippen LogP contribution in [0.3, 0.4) is 0 Å². The number of nitrogens with one attached hydrogen (secondary N) is 2. The highest BCUT2D eigenvalue weighted by atomic mass is 32.1. The van der Waals surface area contributed by atoms with Crippen molar-refractivity contribution < 1.29 is 0 Å². The maximum atomic E-state index is 7.49. The van der Waals surface area contributed by atoms with Crippen LogP contribution in [0.2, 0.25) is 0 Å². The van der Waals surface area contributed by atoms with Crippen molar-refractivity contribution in [3.63, 3.8) is 0 Å². The molecule has 2 N–H and O–H groups in total. The lowest BCUT2D eigenvalue weighted by molar-refractivity contribution is 1.13. The Morgan fingerprint density at radius 3 is 2.31 bits per heavy atom. The van der Waals surface area contributed by atoms with E-state index in [9.17, 15) is 0 Å². The van der Waals surface area contributed by atoms with Crippen LogP contribution >= 0.6 is 12.6 Å². The van der Waals surface area contributed by atoms with Crippen molar-refractivity contribution in [1.82, 2.24) is 5.32 Å². The zero-order valence-electron chi connectivity index (χ0n) is 8.31. The number of allylic oxidation sites excluding steroid dienone is 3. The van der Waals surface area contributed by atoms with Gasteiger partial charge in [0.15, 0.2) is 0 Å². The molecule has 0 saturated carbocycles. The van der Waals surface area contributed by atoms with E-state index in [1.54, 1.807) is 7.05 Å². The number of likely N-dealkylation sites (N-methyl/N-ethyl adjacent to an activating group) is 1. The summed E-state index contributed by atoms with van der Waals surface area (Å²) in [5, 5.41) is 10.2. The minimum absolute atomic E-state index is 0.386.